The molecule has 0 radical (unpaired) electrons. The minimum atomic E-state index is -1.97. The number of hydrogen-bond acceptors (Lipinski definition) is 5. The minimum absolute atomic E-state index is 0.0273. The van der Waals surface area contributed by atoms with Crippen molar-refractivity contribution in [3.05, 3.63) is 99.5 Å². The number of amides is 1. The van der Waals surface area contributed by atoms with Crippen LogP contribution >= 0.6 is 23.2 Å². The van der Waals surface area contributed by atoms with Crippen LogP contribution in [-0.2, 0) is 15.2 Å². The molecular weight excluding hydrogens is 455 g/mol. The van der Waals surface area contributed by atoms with Crippen molar-refractivity contribution in [2.75, 3.05) is 6.61 Å². The summed E-state index contributed by atoms with van der Waals surface area (Å²) in [6.07, 6.45) is 1.28. The fourth-order valence-corrected chi connectivity index (χ4v) is 3.57. The van der Waals surface area contributed by atoms with E-state index in [4.69, 9.17) is 33.0 Å². The SMILES string of the molecule is O=C(O)COc1c(Cl)cc(/C=N\NC(=O)C(O)(c2ccccc2)c2ccccc2)cc1Cl. The number of aliphatic carboxylic acids is 1. The van der Waals surface area contributed by atoms with Crippen molar-refractivity contribution in [2.24, 2.45) is 5.10 Å². The van der Waals surface area contributed by atoms with Crippen molar-refractivity contribution in [1.29, 1.82) is 0 Å². The molecule has 164 valence electrons. The predicted molar refractivity (Wildman–Crippen MR) is 121 cm³/mol. The van der Waals surface area contributed by atoms with Gasteiger partial charge in [-0.25, -0.2) is 10.2 Å². The molecule has 0 bridgehead atoms. The van der Waals surface area contributed by atoms with E-state index in [1.54, 1.807) is 60.7 Å². The largest absolute Gasteiger partial charge is 0.479 e. The van der Waals surface area contributed by atoms with E-state index >= 15 is 0 Å². The van der Waals surface area contributed by atoms with Crippen LogP contribution in [0.3, 0.4) is 0 Å². The van der Waals surface area contributed by atoms with Gasteiger partial charge >= 0.3 is 5.97 Å². The summed E-state index contributed by atoms with van der Waals surface area (Å²) in [5, 5.41) is 24.1. The number of nitrogens with one attached hydrogen (secondary N) is 1. The van der Waals surface area contributed by atoms with E-state index in [9.17, 15) is 14.7 Å². The van der Waals surface area contributed by atoms with Crippen LogP contribution in [0.15, 0.2) is 77.9 Å². The Morgan fingerprint density at radius 2 is 1.47 bits per heavy atom. The van der Waals surface area contributed by atoms with E-state index < -0.39 is 24.1 Å². The molecule has 7 nitrogen and oxygen atoms in total. The van der Waals surface area contributed by atoms with Crippen molar-refractivity contribution < 1.29 is 24.5 Å². The normalized spacial score (nSPS) is 11.3. The topological polar surface area (TPSA) is 108 Å². The third-order valence-electron chi connectivity index (χ3n) is 4.45. The molecule has 0 aliphatic carbocycles. The number of nitrogens with zero attached hydrogens (tertiary/aromatic N) is 1. The summed E-state index contributed by atoms with van der Waals surface area (Å²) >= 11 is 12.2. The molecule has 32 heavy (non-hydrogen) atoms. The number of halogens is 2. The number of carboxylic acid groups (broad SMARTS) is 1. The fraction of sp³-hybridized carbons (Fsp3) is 0.0870. The van der Waals surface area contributed by atoms with Gasteiger partial charge in [-0.1, -0.05) is 83.9 Å². The minimum Gasteiger partial charge on any atom is -0.479 e. The molecule has 0 saturated heterocycles. The molecule has 0 aromatic heterocycles. The lowest BCUT2D eigenvalue weighted by Gasteiger charge is -2.27. The zero-order chi connectivity index (χ0) is 23.1. The first kappa shape index (κ1) is 23.3. The highest BCUT2D eigenvalue weighted by atomic mass is 35.5. The number of rotatable bonds is 8. The first-order valence-corrected chi connectivity index (χ1v) is 10.1. The Bertz CT molecular complexity index is 1080. The van der Waals surface area contributed by atoms with E-state index in [2.05, 4.69) is 10.5 Å². The summed E-state index contributed by atoms with van der Waals surface area (Å²) in [4.78, 5) is 23.7. The molecule has 0 unspecified atom stereocenters. The lowest BCUT2D eigenvalue weighted by molar-refractivity contribution is -0.139. The van der Waals surface area contributed by atoms with Crippen molar-refractivity contribution in [3.8, 4) is 5.75 Å². The number of benzene rings is 3. The number of carbonyl (C=O) groups excluding carboxylic acids is 1. The van der Waals surface area contributed by atoms with Crippen LogP contribution in [0, 0.1) is 0 Å². The van der Waals surface area contributed by atoms with Crippen LogP contribution in [-0.4, -0.2) is 34.9 Å². The van der Waals surface area contributed by atoms with Gasteiger partial charge in [0.25, 0.3) is 5.91 Å². The Labute approximate surface area is 193 Å². The molecule has 0 aliphatic heterocycles. The average Bonchev–Trinajstić information content (AvgIpc) is 2.79. The van der Waals surface area contributed by atoms with Crippen molar-refractivity contribution >= 4 is 41.3 Å². The van der Waals surface area contributed by atoms with Crippen molar-refractivity contribution in [3.63, 3.8) is 0 Å². The Kier molecular flexibility index (Phi) is 7.48. The average molecular weight is 473 g/mol. The lowest BCUT2D eigenvalue weighted by atomic mass is 9.85. The van der Waals surface area contributed by atoms with Crippen LogP contribution in [0.5, 0.6) is 5.75 Å². The van der Waals surface area contributed by atoms with Crippen molar-refractivity contribution in [2.45, 2.75) is 5.60 Å². The Morgan fingerprint density at radius 1 is 0.969 bits per heavy atom. The molecule has 0 heterocycles. The lowest BCUT2D eigenvalue weighted by Crippen LogP contribution is -2.43. The highest BCUT2D eigenvalue weighted by molar-refractivity contribution is 6.37. The molecule has 0 saturated carbocycles. The highest BCUT2D eigenvalue weighted by Crippen LogP contribution is 2.34. The van der Waals surface area contributed by atoms with E-state index in [0.29, 0.717) is 16.7 Å². The molecule has 0 aliphatic rings. The third-order valence-corrected chi connectivity index (χ3v) is 5.01. The molecule has 9 heteroatoms. The van der Waals surface area contributed by atoms with Gasteiger partial charge in [-0.2, -0.15) is 5.10 Å². The van der Waals surface area contributed by atoms with Gasteiger partial charge < -0.3 is 14.9 Å². The zero-order valence-corrected chi connectivity index (χ0v) is 18.0. The standard InChI is InChI=1S/C23H18Cl2N2O5/c24-18-11-15(12-19(25)21(18)32-14-20(28)29)13-26-27-22(30)23(31,16-7-3-1-4-8-16)17-9-5-2-6-10-17/h1-13,31H,14H2,(H,27,30)(H,28,29)/b26-13-. The van der Waals surface area contributed by atoms with Gasteiger partial charge in [-0.3, -0.25) is 4.79 Å². The number of carboxylic acids is 1. The van der Waals surface area contributed by atoms with Crippen LogP contribution in [0.1, 0.15) is 16.7 Å². The molecule has 3 aromatic rings. The number of carbonyl (C=O) groups is 2. The third kappa shape index (κ3) is 5.26. The summed E-state index contributed by atoms with van der Waals surface area (Å²) in [5.41, 5.74) is 1.56. The predicted octanol–water partition coefficient (Wildman–Crippen LogP) is 3.84. The summed E-state index contributed by atoms with van der Waals surface area (Å²) < 4.78 is 5.06. The highest BCUT2D eigenvalue weighted by Gasteiger charge is 2.39. The Hall–Kier alpha value is -3.39. The summed E-state index contributed by atoms with van der Waals surface area (Å²) in [7, 11) is 0. The maximum atomic E-state index is 13.0. The van der Waals surface area contributed by atoms with Gasteiger partial charge in [0.05, 0.1) is 16.3 Å². The van der Waals surface area contributed by atoms with E-state index in [1.165, 1.54) is 18.3 Å². The Balaban J connectivity index is 1.82. The van der Waals surface area contributed by atoms with Crippen LogP contribution in [0.25, 0.3) is 0 Å². The van der Waals surface area contributed by atoms with Gasteiger partial charge in [0.15, 0.2) is 18.0 Å². The van der Waals surface area contributed by atoms with Gasteiger partial charge in [-0.15, -0.1) is 0 Å². The molecule has 0 fully saturated rings. The zero-order valence-electron chi connectivity index (χ0n) is 16.5. The second-order valence-corrected chi connectivity index (χ2v) is 7.45. The fourth-order valence-electron chi connectivity index (χ4n) is 2.96. The van der Waals surface area contributed by atoms with E-state index in [1.807, 2.05) is 0 Å². The molecule has 0 atom stereocenters. The first-order valence-electron chi connectivity index (χ1n) is 9.33. The maximum Gasteiger partial charge on any atom is 0.341 e. The molecule has 3 N–H and O–H groups in total. The summed E-state index contributed by atoms with van der Waals surface area (Å²) in [5.74, 6) is -1.90. The van der Waals surface area contributed by atoms with Crippen LogP contribution in [0.2, 0.25) is 10.0 Å². The Morgan fingerprint density at radius 3 is 1.94 bits per heavy atom. The van der Waals surface area contributed by atoms with Crippen LogP contribution < -0.4 is 10.2 Å². The summed E-state index contributed by atoms with van der Waals surface area (Å²) in [6, 6.07) is 19.9. The van der Waals surface area contributed by atoms with Gasteiger partial charge in [0, 0.05) is 0 Å². The molecule has 0 spiro atoms. The monoisotopic (exact) mass is 472 g/mol. The van der Waals surface area contributed by atoms with Crippen molar-refractivity contribution in [1.82, 2.24) is 5.43 Å². The molecule has 3 rings (SSSR count). The number of hydrazone groups is 1. The number of ether oxygens (including phenoxy) is 1. The quantitative estimate of drug-likeness (QED) is 0.340. The molecule has 3 aromatic carbocycles. The maximum absolute atomic E-state index is 13.0. The van der Waals surface area contributed by atoms with Crippen LogP contribution in [0.4, 0.5) is 0 Å². The van der Waals surface area contributed by atoms with E-state index in [-0.39, 0.29) is 15.8 Å². The molecule has 1 amide bonds. The second-order valence-electron chi connectivity index (χ2n) is 6.64. The smallest absolute Gasteiger partial charge is 0.341 e. The second kappa shape index (κ2) is 10.3. The van der Waals surface area contributed by atoms with Gasteiger partial charge in [0.1, 0.15) is 0 Å². The number of hydrogen-bond donors (Lipinski definition) is 3. The van der Waals surface area contributed by atoms with Gasteiger partial charge in [0.2, 0.25) is 0 Å². The van der Waals surface area contributed by atoms with E-state index in [0.717, 1.165) is 0 Å². The van der Waals surface area contributed by atoms with Gasteiger partial charge in [-0.05, 0) is 28.8 Å². The number of aliphatic hydroxyl groups is 1. The molecular formula is C23H18Cl2N2O5. The summed E-state index contributed by atoms with van der Waals surface area (Å²) in [6.45, 7) is -0.597. The first-order chi connectivity index (χ1) is 15.3.